The van der Waals surface area contributed by atoms with Gasteiger partial charge >= 0.3 is 0 Å². The third-order valence-electron chi connectivity index (χ3n) is 3.16. The molecule has 92 valence electrons. The maximum Gasteiger partial charge on any atom is 0.217 e. The van der Waals surface area contributed by atoms with Crippen molar-refractivity contribution >= 4 is 5.78 Å². The van der Waals surface area contributed by atoms with Gasteiger partial charge in [-0.25, -0.2) is 14.1 Å². The summed E-state index contributed by atoms with van der Waals surface area (Å²) in [6.45, 7) is 1.38. The number of fused-ring (bicyclic) bond motifs is 1. The lowest BCUT2D eigenvalue weighted by atomic mass is 10.0. The highest BCUT2D eigenvalue weighted by molar-refractivity contribution is 5.90. The average Bonchev–Trinajstić information content (AvgIpc) is 2.92. The van der Waals surface area contributed by atoms with Gasteiger partial charge in [-0.1, -0.05) is 30.3 Å². The molecular weight excluding hydrogens is 233 g/mol. The molecule has 3 rings (SSSR count). The van der Waals surface area contributed by atoms with Crippen LogP contribution >= 0.6 is 0 Å². The summed E-state index contributed by atoms with van der Waals surface area (Å²) < 4.78 is 15.4. The van der Waals surface area contributed by atoms with E-state index in [-0.39, 0.29) is 23.5 Å². The van der Waals surface area contributed by atoms with Crippen LogP contribution < -0.4 is 0 Å². The van der Waals surface area contributed by atoms with E-state index >= 15 is 0 Å². The number of aromatic nitrogens is 3. The van der Waals surface area contributed by atoms with E-state index in [2.05, 4.69) is 10.1 Å². The van der Waals surface area contributed by atoms with Crippen molar-refractivity contribution in [3.63, 3.8) is 0 Å². The van der Waals surface area contributed by atoms with Gasteiger partial charge < -0.3 is 0 Å². The highest BCUT2D eigenvalue weighted by Gasteiger charge is 2.35. The van der Waals surface area contributed by atoms with E-state index in [1.165, 1.54) is 11.6 Å². The summed E-state index contributed by atoms with van der Waals surface area (Å²) in [6, 6.07) is 9.42. The molecule has 0 spiro atoms. The molecular formula is C13H12FN3O. The summed E-state index contributed by atoms with van der Waals surface area (Å²) in [5, 5.41) is 4.11. The first-order valence-electron chi connectivity index (χ1n) is 5.83. The van der Waals surface area contributed by atoms with Gasteiger partial charge in [-0.15, -0.1) is 5.10 Å². The number of Topliss-reactive ketones (excluding diaryl/α,β-unsaturated/α-hetero) is 1. The molecule has 0 bridgehead atoms. The molecule has 0 amide bonds. The quantitative estimate of drug-likeness (QED) is 0.764. The number of nitrogens with zero attached hydrogens (tertiary/aromatic N) is 3. The van der Waals surface area contributed by atoms with Gasteiger partial charge in [0.25, 0.3) is 0 Å². The summed E-state index contributed by atoms with van der Waals surface area (Å²) >= 11 is 0. The van der Waals surface area contributed by atoms with Crippen LogP contribution in [0.3, 0.4) is 0 Å². The Morgan fingerprint density at radius 3 is 2.78 bits per heavy atom. The highest BCUT2D eigenvalue weighted by Crippen LogP contribution is 2.39. The number of halogens is 1. The van der Waals surface area contributed by atoms with Gasteiger partial charge in [0.05, 0.1) is 6.04 Å². The van der Waals surface area contributed by atoms with Crippen molar-refractivity contribution in [3.05, 3.63) is 47.5 Å². The Morgan fingerprint density at radius 1 is 1.39 bits per heavy atom. The van der Waals surface area contributed by atoms with Crippen molar-refractivity contribution in [1.82, 2.24) is 14.8 Å². The first-order chi connectivity index (χ1) is 8.66. The predicted octanol–water partition coefficient (Wildman–Crippen LogP) is 2.48. The van der Waals surface area contributed by atoms with Crippen LogP contribution in [-0.4, -0.2) is 20.5 Å². The Morgan fingerprint density at radius 2 is 2.11 bits per heavy atom. The normalized spacial score (nSPS) is 21.9. The number of carbonyl (C=O) groups is 1. The molecule has 2 aromatic rings. The summed E-state index contributed by atoms with van der Waals surface area (Å²) in [5.41, 5.74) is 0.985. The molecule has 0 fully saturated rings. The summed E-state index contributed by atoms with van der Waals surface area (Å²) in [6.07, 6.45) is -0.826. The first-order valence-corrected chi connectivity index (χ1v) is 5.83. The van der Waals surface area contributed by atoms with Crippen molar-refractivity contribution in [2.24, 2.45) is 0 Å². The molecule has 0 saturated heterocycles. The minimum atomic E-state index is -1.16. The molecule has 2 atom stereocenters. The number of alkyl halides is 1. The van der Waals surface area contributed by atoms with Crippen molar-refractivity contribution in [3.8, 4) is 0 Å². The van der Waals surface area contributed by atoms with Gasteiger partial charge in [-0.2, -0.15) is 0 Å². The molecule has 1 aromatic heterocycles. The van der Waals surface area contributed by atoms with Crippen molar-refractivity contribution < 1.29 is 9.18 Å². The molecule has 0 aliphatic carbocycles. The number of benzene rings is 1. The Labute approximate surface area is 103 Å². The molecule has 5 heteroatoms. The van der Waals surface area contributed by atoms with Crippen LogP contribution in [0.15, 0.2) is 30.3 Å². The number of ketones is 1. The van der Waals surface area contributed by atoms with E-state index in [9.17, 15) is 9.18 Å². The van der Waals surface area contributed by atoms with Crippen LogP contribution in [0.4, 0.5) is 4.39 Å². The molecule has 1 aromatic carbocycles. The van der Waals surface area contributed by atoms with Crippen LogP contribution in [0.1, 0.15) is 47.6 Å². The predicted molar refractivity (Wildman–Crippen MR) is 63.1 cm³/mol. The third kappa shape index (κ3) is 1.63. The molecule has 2 heterocycles. The van der Waals surface area contributed by atoms with E-state index < -0.39 is 6.17 Å². The highest BCUT2D eigenvalue weighted by atomic mass is 19.1. The van der Waals surface area contributed by atoms with Gasteiger partial charge in [0, 0.05) is 13.3 Å². The van der Waals surface area contributed by atoms with Crippen molar-refractivity contribution in [2.45, 2.75) is 25.6 Å². The second-order valence-corrected chi connectivity index (χ2v) is 4.42. The second-order valence-electron chi connectivity index (χ2n) is 4.42. The molecule has 0 N–H and O–H groups in total. The Kier molecular flexibility index (Phi) is 2.47. The molecule has 1 aliphatic heterocycles. The first kappa shape index (κ1) is 11.1. The number of hydrogen-bond acceptors (Lipinski definition) is 3. The SMILES string of the molecule is CC(=O)c1nc2n(n1)C(c1ccccc1)C[C@H]2F. The van der Waals surface area contributed by atoms with Crippen LogP contribution in [0.5, 0.6) is 0 Å². The minimum absolute atomic E-state index is 0.0910. The Balaban J connectivity index is 2.05. The van der Waals surface area contributed by atoms with Gasteiger partial charge in [-0.05, 0) is 5.56 Å². The smallest absolute Gasteiger partial charge is 0.217 e. The number of rotatable bonds is 2. The maximum absolute atomic E-state index is 13.9. The summed E-state index contributed by atoms with van der Waals surface area (Å²) in [7, 11) is 0. The van der Waals surface area contributed by atoms with Crippen LogP contribution in [0.25, 0.3) is 0 Å². The lowest BCUT2D eigenvalue weighted by Gasteiger charge is -2.11. The molecule has 4 nitrogen and oxygen atoms in total. The summed E-state index contributed by atoms with van der Waals surface area (Å²) in [4.78, 5) is 15.2. The topological polar surface area (TPSA) is 47.8 Å². The fraction of sp³-hybridized carbons (Fsp3) is 0.308. The third-order valence-corrected chi connectivity index (χ3v) is 3.16. The second kappa shape index (κ2) is 4.01. The van der Waals surface area contributed by atoms with Crippen molar-refractivity contribution in [2.75, 3.05) is 0 Å². The van der Waals surface area contributed by atoms with E-state index in [1.807, 2.05) is 30.3 Å². The standard InChI is InChI=1S/C13H12FN3O/c1-8(18)12-15-13-10(14)7-11(17(13)16-12)9-5-3-2-4-6-9/h2-6,10-11H,7H2,1H3/t10-,11?/m1/s1. The minimum Gasteiger partial charge on any atom is -0.291 e. The lowest BCUT2D eigenvalue weighted by molar-refractivity contribution is 0.100. The van der Waals surface area contributed by atoms with Gasteiger partial charge in [0.2, 0.25) is 5.82 Å². The van der Waals surface area contributed by atoms with Gasteiger partial charge in [0.15, 0.2) is 17.8 Å². The van der Waals surface area contributed by atoms with E-state index in [0.29, 0.717) is 6.42 Å². The van der Waals surface area contributed by atoms with Gasteiger partial charge in [0.1, 0.15) is 0 Å². The Bertz CT molecular complexity index is 594. The molecule has 0 saturated carbocycles. The summed E-state index contributed by atoms with van der Waals surface area (Å²) in [5.74, 6) is 0.109. The van der Waals surface area contributed by atoms with E-state index in [1.54, 1.807) is 0 Å². The number of carbonyl (C=O) groups excluding carboxylic acids is 1. The van der Waals surface area contributed by atoms with Gasteiger partial charge in [-0.3, -0.25) is 4.79 Å². The zero-order valence-electron chi connectivity index (χ0n) is 9.88. The van der Waals surface area contributed by atoms with Crippen LogP contribution in [0, 0.1) is 0 Å². The zero-order valence-corrected chi connectivity index (χ0v) is 9.88. The van der Waals surface area contributed by atoms with Crippen LogP contribution in [0.2, 0.25) is 0 Å². The number of hydrogen-bond donors (Lipinski definition) is 0. The molecule has 18 heavy (non-hydrogen) atoms. The lowest BCUT2D eigenvalue weighted by Crippen LogP contribution is -2.08. The van der Waals surface area contributed by atoms with Crippen LogP contribution in [-0.2, 0) is 0 Å². The zero-order chi connectivity index (χ0) is 12.7. The maximum atomic E-state index is 13.9. The molecule has 1 unspecified atom stereocenters. The fourth-order valence-corrected chi connectivity index (χ4v) is 2.28. The average molecular weight is 245 g/mol. The fourth-order valence-electron chi connectivity index (χ4n) is 2.28. The molecule has 0 radical (unpaired) electrons. The monoisotopic (exact) mass is 245 g/mol. The van der Waals surface area contributed by atoms with Crippen molar-refractivity contribution in [1.29, 1.82) is 0 Å². The Hall–Kier alpha value is -2.04. The largest absolute Gasteiger partial charge is 0.291 e. The van der Waals surface area contributed by atoms with E-state index in [4.69, 9.17) is 0 Å². The molecule has 1 aliphatic rings. The van der Waals surface area contributed by atoms with E-state index in [0.717, 1.165) is 5.56 Å².